The van der Waals surface area contributed by atoms with Crippen LogP contribution in [0.4, 0.5) is 0 Å². The fourth-order valence-electron chi connectivity index (χ4n) is 2.58. The fraction of sp³-hybridized carbons (Fsp3) is 0.200. The molecule has 1 amide bonds. The number of amides is 1. The molecule has 1 heterocycles. The number of carbonyl (C=O) groups is 1. The molecule has 6 heteroatoms. The average molecular weight is 342 g/mol. The molecule has 1 aromatic carbocycles. The van der Waals surface area contributed by atoms with Gasteiger partial charge in [-0.3, -0.25) is 9.78 Å². The summed E-state index contributed by atoms with van der Waals surface area (Å²) in [5, 5.41) is 4.44. The molecule has 1 aliphatic carbocycles. The summed E-state index contributed by atoms with van der Waals surface area (Å²) in [6.45, 7) is 0. The van der Waals surface area contributed by atoms with E-state index in [0.29, 0.717) is 20.6 Å². The molecule has 0 aliphatic heterocycles. The quantitative estimate of drug-likeness (QED) is 0.876. The SMILES string of the molecule is O=C(N[C@@H]1CCc2c1ccc(Cl)c2Cl)c1ccncc1Cl. The van der Waals surface area contributed by atoms with Crippen molar-refractivity contribution in [3.8, 4) is 0 Å². The average Bonchev–Trinajstić information content (AvgIpc) is 2.87. The van der Waals surface area contributed by atoms with Crippen molar-refractivity contribution in [2.24, 2.45) is 0 Å². The molecule has 1 atom stereocenters. The molecule has 1 aromatic heterocycles. The van der Waals surface area contributed by atoms with Gasteiger partial charge in [0.15, 0.2) is 0 Å². The lowest BCUT2D eigenvalue weighted by Gasteiger charge is -2.15. The van der Waals surface area contributed by atoms with E-state index in [0.717, 1.165) is 24.0 Å². The minimum Gasteiger partial charge on any atom is -0.345 e. The zero-order chi connectivity index (χ0) is 15.0. The summed E-state index contributed by atoms with van der Waals surface area (Å²) >= 11 is 18.2. The predicted octanol–water partition coefficient (Wildman–Crippen LogP) is 4.46. The van der Waals surface area contributed by atoms with Crippen LogP contribution in [-0.4, -0.2) is 10.9 Å². The van der Waals surface area contributed by atoms with Crippen LogP contribution in [0, 0.1) is 0 Å². The first kappa shape index (κ1) is 14.6. The van der Waals surface area contributed by atoms with Crippen molar-refractivity contribution < 1.29 is 4.79 Å². The first-order valence-corrected chi connectivity index (χ1v) is 7.58. The molecule has 0 fully saturated rings. The lowest BCUT2D eigenvalue weighted by Crippen LogP contribution is -2.27. The summed E-state index contributed by atoms with van der Waals surface area (Å²) in [5.74, 6) is -0.216. The molecule has 0 spiro atoms. The summed E-state index contributed by atoms with van der Waals surface area (Å²) in [4.78, 5) is 16.2. The van der Waals surface area contributed by atoms with Crippen molar-refractivity contribution in [1.82, 2.24) is 10.3 Å². The molecule has 3 nitrogen and oxygen atoms in total. The van der Waals surface area contributed by atoms with Crippen molar-refractivity contribution >= 4 is 40.7 Å². The van der Waals surface area contributed by atoms with Gasteiger partial charge in [0.1, 0.15) is 0 Å². The highest BCUT2D eigenvalue weighted by Crippen LogP contribution is 2.39. The smallest absolute Gasteiger partial charge is 0.253 e. The third-order valence-electron chi connectivity index (χ3n) is 3.61. The van der Waals surface area contributed by atoms with Crippen LogP contribution in [0.3, 0.4) is 0 Å². The van der Waals surface area contributed by atoms with E-state index in [1.807, 2.05) is 6.07 Å². The Hall–Kier alpha value is -1.29. The first-order chi connectivity index (χ1) is 10.1. The maximum absolute atomic E-state index is 12.3. The summed E-state index contributed by atoms with van der Waals surface area (Å²) in [6, 6.07) is 5.19. The number of hydrogen-bond donors (Lipinski definition) is 1. The second-order valence-corrected chi connectivity index (χ2v) is 6.04. The normalized spacial score (nSPS) is 16.6. The van der Waals surface area contributed by atoms with Crippen molar-refractivity contribution in [3.63, 3.8) is 0 Å². The molecule has 3 rings (SSSR count). The van der Waals surface area contributed by atoms with Crippen molar-refractivity contribution in [1.29, 1.82) is 0 Å². The van der Waals surface area contributed by atoms with E-state index >= 15 is 0 Å². The third kappa shape index (κ3) is 2.73. The van der Waals surface area contributed by atoms with Gasteiger partial charge in [-0.1, -0.05) is 40.9 Å². The molecule has 0 bridgehead atoms. The number of nitrogens with zero attached hydrogens (tertiary/aromatic N) is 1. The Morgan fingerprint density at radius 2 is 2.00 bits per heavy atom. The van der Waals surface area contributed by atoms with Crippen molar-refractivity contribution in [3.05, 3.63) is 62.4 Å². The number of hydrogen-bond acceptors (Lipinski definition) is 2. The Bertz CT molecular complexity index is 718. The molecule has 0 saturated heterocycles. The Labute approximate surface area is 137 Å². The van der Waals surface area contributed by atoms with E-state index in [2.05, 4.69) is 10.3 Å². The topological polar surface area (TPSA) is 42.0 Å². The lowest BCUT2D eigenvalue weighted by molar-refractivity contribution is 0.0937. The second kappa shape index (κ2) is 5.84. The van der Waals surface area contributed by atoms with Gasteiger partial charge in [-0.05, 0) is 36.1 Å². The summed E-state index contributed by atoms with van der Waals surface area (Å²) < 4.78 is 0. The van der Waals surface area contributed by atoms with E-state index in [1.54, 1.807) is 18.3 Å². The van der Waals surface area contributed by atoms with Crippen LogP contribution in [0.2, 0.25) is 15.1 Å². The number of benzene rings is 1. The van der Waals surface area contributed by atoms with Crippen LogP contribution in [0.15, 0.2) is 30.6 Å². The number of rotatable bonds is 2. The molecular weight excluding hydrogens is 331 g/mol. The highest BCUT2D eigenvalue weighted by molar-refractivity contribution is 6.42. The standard InChI is InChI=1S/C15H11Cl3N2O/c16-11-3-1-8-9(14(11)18)2-4-13(8)20-15(21)10-5-6-19-7-12(10)17/h1,3,5-7,13H,2,4H2,(H,20,21)/t13-/m1/s1. The number of halogens is 3. The number of carbonyl (C=O) groups excluding carboxylic acids is 1. The van der Waals surface area contributed by atoms with E-state index in [9.17, 15) is 4.79 Å². The van der Waals surface area contributed by atoms with Crippen LogP contribution in [0.25, 0.3) is 0 Å². The van der Waals surface area contributed by atoms with Crippen LogP contribution < -0.4 is 5.32 Å². The van der Waals surface area contributed by atoms with Gasteiger partial charge >= 0.3 is 0 Å². The maximum Gasteiger partial charge on any atom is 0.253 e. The van der Waals surface area contributed by atoms with Crippen molar-refractivity contribution in [2.45, 2.75) is 18.9 Å². The fourth-order valence-corrected chi connectivity index (χ4v) is 3.23. The van der Waals surface area contributed by atoms with E-state index in [-0.39, 0.29) is 11.9 Å². The maximum atomic E-state index is 12.3. The number of pyridine rings is 1. The van der Waals surface area contributed by atoms with E-state index < -0.39 is 0 Å². The predicted molar refractivity (Wildman–Crippen MR) is 84.2 cm³/mol. The largest absolute Gasteiger partial charge is 0.345 e. The van der Waals surface area contributed by atoms with Crippen LogP contribution in [0.1, 0.15) is 33.9 Å². The Morgan fingerprint density at radius 1 is 1.19 bits per heavy atom. The zero-order valence-corrected chi connectivity index (χ0v) is 13.1. The van der Waals surface area contributed by atoms with Crippen molar-refractivity contribution in [2.75, 3.05) is 0 Å². The van der Waals surface area contributed by atoms with E-state index in [1.165, 1.54) is 6.20 Å². The number of nitrogens with one attached hydrogen (secondary N) is 1. The third-order valence-corrected chi connectivity index (χ3v) is 4.76. The van der Waals surface area contributed by atoms with Crippen LogP contribution >= 0.6 is 34.8 Å². The summed E-state index contributed by atoms with van der Waals surface area (Å²) in [6.07, 6.45) is 4.59. The van der Waals surface area contributed by atoms with E-state index in [4.69, 9.17) is 34.8 Å². The van der Waals surface area contributed by atoms with Gasteiger partial charge in [0.25, 0.3) is 5.91 Å². The molecule has 1 N–H and O–H groups in total. The Balaban J connectivity index is 1.85. The van der Waals surface area contributed by atoms with Gasteiger partial charge in [0.2, 0.25) is 0 Å². The molecule has 0 radical (unpaired) electrons. The van der Waals surface area contributed by atoms with Gasteiger partial charge in [-0.15, -0.1) is 0 Å². The van der Waals surface area contributed by atoms with Gasteiger partial charge in [-0.25, -0.2) is 0 Å². The molecular formula is C15H11Cl3N2O. The molecule has 2 aromatic rings. The summed E-state index contributed by atoms with van der Waals surface area (Å²) in [7, 11) is 0. The highest BCUT2D eigenvalue weighted by Gasteiger charge is 2.27. The van der Waals surface area contributed by atoms with Gasteiger partial charge in [0.05, 0.1) is 26.7 Å². The van der Waals surface area contributed by atoms with Crippen LogP contribution in [-0.2, 0) is 6.42 Å². The summed E-state index contributed by atoms with van der Waals surface area (Å²) in [5.41, 5.74) is 2.44. The molecule has 0 saturated carbocycles. The number of fused-ring (bicyclic) bond motifs is 1. The monoisotopic (exact) mass is 340 g/mol. The minimum atomic E-state index is -0.216. The Kier molecular flexibility index (Phi) is 4.07. The highest BCUT2D eigenvalue weighted by atomic mass is 35.5. The lowest BCUT2D eigenvalue weighted by atomic mass is 10.1. The number of aromatic nitrogens is 1. The van der Waals surface area contributed by atoms with Gasteiger partial charge in [0, 0.05) is 12.4 Å². The zero-order valence-electron chi connectivity index (χ0n) is 10.9. The Morgan fingerprint density at radius 3 is 2.76 bits per heavy atom. The van der Waals surface area contributed by atoms with Gasteiger partial charge < -0.3 is 5.32 Å². The first-order valence-electron chi connectivity index (χ1n) is 6.45. The van der Waals surface area contributed by atoms with Gasteiger partial charge in [-0.2, -0.15) is 0 Å². The second-order valence-electron chi connectivity index (χ2n) is 4.85. The van der Waals surface area contributed by atoms with Crippen LogP contribution in [0.5, 0.6) is 0 Å². The molecule has 0 unspecified atom stereocenters. The molecule has 1 aliphatic rings. The minimum absolute atomic E-state index is 0.0773. The molecule has 108 valence electrons. The molecule has 21 heavy (non-hydrogen) atoms.